The van der Waals surface area contributed by atoms with E-state index in [1.807, 2.05) is 20.0 Å². The molecule has 0 bridgehead atoms. The lowest BCUT2D eigenvalue weighted by molar-refractivity contribution is -0.119. The van der Waals surface area contributed by atoms with E-state index in [4.69, 9.17) is 4.74 Å². The van der Waals surface area contributed by atoms with Crippen LogP contribution in [0.5, 0.6) is 0 Å². The van der Waals surface area contributed by atoms with Gasteiger partial charge in [0.2, 0.25) is 10.0 Å². The molecule has 1 saturated carbocycles. The molecule has 1 aromatic carbocycles. The molecule has 3 aromatic heterocycles. The Bertz CT molecular complexity index is 1840. The van der Waals surface area contributed by atoms with Crippen LogP contribution >= 0.6 is 0 Å². The molecule has 1 saturated heterocycles. The fraction of sp³-hybridized carbons (Fsp3) is 0.467. The second kappa shape index (κ2) is 11.5. The smallest absolute Gasteiger partial charge is 0.295 e. The molecule has 1 N–H and O–H groups in total. The van der Waals surface area contributed by atoms with Crippen LogP contribution in [-0.2, 0) is 33.0 Å². The van der Waals surface area contributed by atoms with Gasteiger partial charge in [-0.15, -0.1) is 0 Å². The molecule has 1 unspecified atom stereocenters. The molecule has 1 atom stereocenters. The Morgan fingerprint density at radius 1 is 1.16 bits per heavy atom. The van der Waals surface area contributed by atoms with Gasteiger partial charge in [-0.25, -0.2) is 27.2 Å². The fourth-order valence-electron chi connectivity index (χ4n) is 5.58. The highest BCUT2D eigenvalue weighted by Crippen LogP contribution is 2.39. The molecule has 2 fully saturated rings. The third-order valence-electron chi connectivity index (χ3n) is 8.41. The van der Waals surface area contributed by atoms with Crippen LogP contribution in [0, 0.1) is 12.8 Å². The molecule has 0 spiro atoms. The van der Waals surface area contributed by atoms with Gasteiger partial charge in [0.1, 0.15) is 17.5 Å². The van der Waals surface area contributed by atoms with Gasteiger partial charge in [0.15, 0.2) is 11.5 Å². The number of fused-ring (bicyclic) bond motifs is 1. The predicted octanol–water partition coefficient (Wildman–Crippen LogP) is 5.44. The van der Waals surface area contributed by atoms with E-state index in [0.717, 1.165) is 53.1 Å². The minimum absolute atomic E-state index is 0.00869. The third kappa shape index (κ3) is 5.80. The molecule has 1 aliphatic heterocycles. The minimum atomic E-state index is -3.69. The number of hydrogen-bond donors (Lipinski definition) is 1. The Morgan fingerprint density at radius 3 is 2.55 bits per heavy atom. The van der Waals surface area contributed by atoms with E-state index in [1.54, 1.807) is 29.1 Å². The first-order chi connectivity index (χ1) is 20.9. The van der Waals surface area contributed by atoms with Crippen molar-refractivity contribution in [2.45, 2.75) is 58.1 Å². The van der Waals surface area contributed by atoms with E-state index in [9.17, 15) is 22.0 Å². The molecule has 6 rings (SSSR count). The number of benzene rings is 1. The number of anilines is 3. The number of ketones is 1. The number of carbonyl (C=O) groups excluding carboxylic acids is 1. The maximum Gasteiger partial charge on any atom is 0.295 e. The zero-order valence-electron chi connectivity index (χ0n) is 25.0. The molecular formula is C30H35F2N7O4S. The van der Waals surface area contributed by atoms with Crippen molar-refractivity contribution in [2.24, 2.45) is 13.0 Å². The predicted molar refractivity (Wildman–Crippen MR) is 163 cm³/mol. The summed E-state index contributed by atoms with van der Waals surface area (Å²) < 4.78 is 64.4. The molecular weight excluding hydrogens is 592 g/mol. The van der Waals surface area contributed by atoms with E-state index < -0.39 is 28.5 Å². The van der Waals surface area contributed by atoms with Crippen molar-refractivity contribution in [3.05, 3.63) is 47.7 Å². The fourth-order valence-corrected chi connectivity index (χ4v) is 6.09. The quantitative estimate of drug-likeness (QED) is 0.247. The van der Waals surface area contributed by atoms with Crippen molar-refractivity contribution in [1.82, 2.24) is 24.3 Å². The van der Waals surface area contributed by atoms with Crippen LogP contribution in [-0.4, -0.2) is 58.4 Å². The van der Waals surface area contributed by atoms with E-state index >= 15 is 0 Å². The zero-order chi connectivity index (χ0) is 31.3. The molecule has 4 aromatic rings. The topological polar surface area (TPSA) is 124 Å². The van der Waals surface area contributed by atoms with Gasteiger partial charge in [-0.2, -0.15) is 5.10 Å². The molecule has 4 heterocycles. The SMILES string of the molecule is Cc1c(-c2ccc(Nc3cc(CC(=O)C4CC4)nc4c3nc(C(F)F)n4C3CCCCO3)c(N(C)S(C)(=O)=O)c2)cnn1C. The van der Waals surface area contributed by atoms with E-state index in [0.29, 0.717) is 35.8 Å². The summed E-state index contributed by atoms with van der Waals surface area (Å²) in [5.74, 6) is -0.430. The van der Waals surface area contributed by atoms with E-state index in [1.165, 1.54) is 11.6 Å². The van der Waals surface area contributed by atoms with Gasteiger partial charge in [-0.05, 0) is 62.8 Å². The second-order valence-electron chi connectivity index (χ2n) is 11.6. The number of nitrogens with one attached hydrogen (secondary N) is 1. The number of aromatic nitrogens is 5. The standard InChI is InChI=1S/C30H35F2N7O4S/c1-17-21(16-33-37(17)2)19-10-11-22(24(13-19)38(3)44(4,41)42)35-23-14-20(15-25(40)18-8-9-18)34-29-27(23)36-30(28(31)32)39(29)26-7-5-6-12-43-26/h10-11,13-14,16,18,26,28H,5-9,12,15H2,1-4H3,(H,34,35). The first-order valence-corrected chi connectivity index (χ1v) is 16.5. The molecule has 234 valence electrons. The summed E-state index contributed by atoms with van der Waals surface area (Å²) in [6, 6.07) is 6.94. The van der Waals surface area contributed by atoms with Crippen molar-refractivity contribution in [3.63, 3.8) is 0 Å². The average molecular weight is 628 g/mol. The number of aryl methyl sites for hydroxylation is 1. The summed E-state index contributed by atoms with van der Waals surface area (Å²) in [7, 11) is -0.423. The molecule has 2 aliphatic rings. The van der Waals surface area contributed by atoms with Crippen LogP contribution in [0.15, 0.2) is 30.5 Å². The Morgan fingerprint density at radius 2 is 1.93 bits per heavy atom. The first kappa shape index (κ1) is 30.1. The molecule has 1 aliphatic carbocycles. The summed E-state index contributed by atoms with van der Waals surface area (Å²) >= 11 is 0. The van der Waals surface area contributed by atoms with Crippen molar-refractivity contribution in [2.75, 3.05) is 29.5 Å². The van der Waals surface area contributed by atoms with E-state index in [2.05, 4.69) is 20.4 Å². The highest BCUT2D eigenvalue weighted by atomic mass is 32.2. The Kier molecular flexibility index (Phi) is 7.91. The number of nitrogens with zero attached hydrogens (tertiary/aromatic N) is 6. The van der Waals surface area contributed by atoms with Gasteiger partial charge in [0.05, 0.1) is 35.2 Å². The lowest BCUT2D eigenvalue weighted by atomic mass is 10.0. The number of hydrogen-bond acceptors (Lipinski definition) is 8. The second-order valence-corrected chi connectivity index (χ2v) is 13.6. The van der Waals surface area contributed by atoms with Crippen molar-refractivity contribution in [3.8, 4) is 11.1 Å². The number of ether oxygens (including phenoxy) is 1. The number of carbonyl (C=O) groups is 1. The highest BCUT2D eigenvalue weighted by Gasteiger charge is 2.32. The Balaban J connectivity index is 1.51. The van der Waals surface area contributed by atoms with Gasteiger partial charge < -0.3 is 10.1 Å². The van der Waals surface area contributed by atoms with Gasteiger partial charge in [-0.1, -0.05) is 6.07 Å². The Labute approximate surface area is 254 Å². The van der Waals surface area contributed by atoms with Crippen LogP contribution < -0.4 is 9.62 Å². The average Bonchev–Trinajstić information content (AvgIpc) is 3.69. The van der Waals surface area contributed by atoms with Crippen LogP contribution in [0.1, 0.15) is 62.0 Å². The lowest BCUT2D eigenvalue weighted by Crippen LogP contribution is -2.25. The third-order valence-corrected chi connectivity index (χ3v) is 9.60. The van der Waals surface area contributed by atoms with Gasteiger partial charge >= 0.3 is 0 Å². The van der Waals surface area contributed by atoms with Crippen LogP contribution in [0.3, 0.4) is 0 Å². The summed E-state index contributed by atoms with van der Waals surface area (Å²) in [5, 5.41) is 7.57. The number of rotatable bonds is 10. The van der Waals surface area contributed by atoms with Gasteiger partial charge in [0.25, 0.3) is 6.43 Å². The van der Waals surface area contributed by atoms with Crippen LogP contribution in [0.4, 0.5) is 25.8 Å². The number of halogens is 2. The number of Topliss-reactive ketones (excluding diaryl/α,β-unsaturated/α-hetero) is 1. The highest BCUT2D eigenvalue weighted by molar-refractivity contribution is 7.92. The molecule has 0 amide bonds. The largest absolute Gasteiger partial charge is 0.358 e. The number of sulfonamides is 1. The summed E-state index contributed by atoms with van der Waals surface area (Å²) in [5.41, 5.74) is 4.33. The van der Waals surface area contributed by atoms with Gasteiger partial charge in [-0.3, -0.25) is 18.3 Å². The first-order valence-electron chi connectivity index (χ1n) is 14.6. The monoisotopic (exact) mass is 627 g/mol. The normalized spacial score (nSPS) is 17.4. The summed E-state index contributed by atoms with van der Waals surface area (Å²) in [4.78, 5) is 21.8. The summed E-state index contributed by atoms with van der Waals surface area (Å²) in [6.07, 6.45) is 3.13. The van der Waals surface area contributed by atoms with Crippen molar-refractivity contribution >= 4 is 44.0 Å². The molecule has 44 heavy (non-hydrogen) atoms. The number of pyridine rings is 1. The van der Waals surface area contributed by atoms with Crippen molar-refractivity contribution in [1.29, 1.82) is 0 Å². The van der Waals surface area contributed by atoms with Crippen LogP contribution in [0.2, 0.25) is 0 Å². The maximum atomic E-state index is 14.4. The molecule has 14 heteroatoms. The lowest BCUT2D eigenvalue weighted by Gasteiger charge is -2.25. The zero-order valence-corrected chi connectivity index (χ0v) is 25.9. The maximum absolute atomic E-state index is 14.4. The Hall–Kier alpha value is -3.91. The van der Waals surface area contributed by atoms with E-state index in [-0.39, 0.29) is 29.3 Å². The summed E-state index contributed by atoms with van der Waals surface area (Å²) in [6.45, 7) is 2.35. The number of imidazole rings is 1. The minimum Gasteiger partial charge on any atom is -0.358 e. The molecule has 11 nitrogen and oxygen atoms in total. The number of alkyl halides is 2. The van der Waals surface area contributed by atoms with Gasteiger partial charge in [0, 0.05) is 44.3 Å². The molecule has 0 radical (unpaired) electrons. The van der Waals surface area contributed by atoms with Crippen molar-refractivity contribution < 1.29 is 26.7 Å². The van der Waals surface area contributed by atoms with Crippen LogP contribution in [0.25, 0.3) is 22.3 Å².